The minimum atomic E-state index is -0.608. The quantitative estimate of drug-likeness (QED) is 0.873. The molecular formula is C15H15Cl2N. The van der Waals surface area contributed by atoms with E-state index in [1.807, 2.05) is 49.4 Å². The predicted octanol–water partition coefficient (Wildman–Crippen LogP) is 4.61. The lowest BCUT2D eigenvalue weighted by atomic mass is 9.81. The summed E-state index contributed by atoms with van der Waals surface area (Å²) in [7, 11) is 0. The third kappa shape index (κ3) is 2.26. The van der Waals surface area contributed by atoms with Crippen molar-refractivity contribution in [3.05, 3.63) is 69.7 Å². The first-order valence-electron chi connectivity index (χ1n) is 5.88. The van der Waals surface area contributed by atoms with Crippen molar-refractivity contribution in [2.24, 2.45) is 5.73 Å². The van der Waals surface area contributed by atoms with Crippen LogP contribution in [0.15, 0.2) is 48.5 Å². The molecule has 0 fully saturated rings. The Morgan fingerprint density at radius 1 is 1.00 bits per heavy atom. The smallest absolute Gasteiger partial charge is 0.0678 e. The van der Waals surface area contributed by atoms with Crippen LogP contribution in [0.2, 0.25) is 10.0 Å². The number of hydrogen-bond acceptors (Lipinski definition) is 1. The Bertz CT molecular complexity index is 539. The maximum Gasteiger partial charge on any atom is 0.0678 e. The summed E-state index contributed by atoms with van der Waals surface area (Å²) in [6.07, 6.45) is 0.747. The van der Waals surface area contributed by atoms with Gasteiger partial charge in [0.1, 0.15) is 0 Å². The first-order valence-corrected chi connectivity index (χ1v) is 6.64. The van der Waals surface area contributed by atoms with Gasteiger partial charge in [-0.15, -0.1) is 0 Å². The van der Waals surface area contributed by atoms with Gasteiger partial charge in [-0.25, -0.2) is 0 Å². The molecule has 0 aliphatic rings. The van der Waals surface area contributed by atoms with E-state index in [1.165, 1.54) is 0 Å². The van der Waals surface area contributed by atoms with E-state index >= 15 is 0 Å². The summed E-state index contributed by atoms with van der Waals surface area (Å²) >= 11 is 12.4. The molecule has 1 nitrogen and oxygen atoms in total. The minimum Gasteiger partial charge on any atom is -0.318 e. The van der Waals surface area contributed by atoms with Crippen LogP contribution in [0.5, 0.6) is 0 Å². The van der Waals surface area contributed by atoms with E-state index in [-0.39, 0.29) is 0 Å². The van der Waals surface area contributed by atoms with E-state index in [9.17, 15) is 0 Å². The summed E-state index contributed by atoms with van der Waals surface area (Å²) in [5.41, 5.74) is 7.86. The van der Waals surface area contributed by atoms with Crippen LogP contribution in [0.4, 0.5) is 0 Å². The molecule has 3 heteroatoms. The molecule has 0 saturated carbocycles. The fourth-order valence-electron chi connectivity index (χ4n) is 2.13. The highest BCUT2D eigenvalue weighted by atomic mass is 35.5. The molecule has 2 N–H and O–H groups in total. The molecule has 0 spiro atoms. The minimum absolute atomic E-state index is 0.535. The van der Waals surface area contributed by atoms with E-state index in [2.05, 4.69) is 0 Å². The standard InChI is InChI=1S/C15H15Cl2N/c1-2-15(18,11-7-4-3-5-8-11)12-9-6-10-13(16)14(12)17/h3-10H,2,18H2,1H3. The lowest BCUT2D eigenvalue weighted by Gasteiger charge is -2.30. The fourth-order valence-corrected chi connectivity index (χ4v) is 2.60. The van der Waals surface area contributed by atoms with Crippen LogP contribution in [0.25, 0.3) is 0 Å². The molecule has 0 heterocycles. The highest BCUT2D eigenvalue weighted by Gasteiger charge is 2.30. The molecule has 0 bridgehead atoms. The number of halogens is 2. The van der Waals surface area contributed by atoms with Gasteiger partial charge in [0.05, 0.1) is 15.6 Å². The Labute approximate surface area is 118 Å². The zero-order chi connectivity index (χ0) is 13.2. The molecule has 1 atom stereocenters. The molecule has 0 aliphatic heterocycles. The second-order valence-corrected chi connectivity index (χ2v) is 5.08. The van der Waals surface area contributed by atoms with Crippen LogP contribution >= 0.6 is 23.2 Å². The van der Waals surface area contributed by atoms with Crippen LogP contribution in [0.3, 0.4) is 0 Å². The Morgan fingerprint density at radius 2 is 1.67 bits per heavy atom. The maximum absolute atomic E-state index is 6.57. The molecule has 1 unspecified atom stereocenters. The Morgan fingerprint density at radius 3 is 2.28 bits per heavy atom. The SMILES string of the molecule is CCC(N)(c1ccccc1)c1cccc(Cl)c1Cl. The van der Waals surface area contributed by atoms with Crippen molar-refractivity contribution < 1.29 is 0 Å². The summed E-state index contributed by atoms with van der Waals surface area (Å²) in [5, 5.41) is 1.07. The Balaban J connectivity index is 2.61. The van der Waals surface area contributed by atoms with Crippen molar-refractivity contribution in [3.8, 4) is 0 Å². The summed E-state index contributed by atoms with van der Waals surface area (Å²) in [6.45, 7) is 2.05. The van der Waals surface area contributed by atoms with Crippen LogP contribution < -0.4 is 5.73 Å². The van der Waals surface area contributed by atoms with E-state index < -0.39 is 5.54 Å². The number of hydrogen-bond donors (Lipinski definition) is 1. The van der Waals surface area contributed by atoms with Crippen molar-refractivity contribution in [2.45, 2.75) is 18.9 Å². The molecule has 2 aromatic rings. The molecule has 94 valence electrons. The fraction of sp³-hybridized carbons (Fsp3) is 0.200. The lowest BCUT2D eigenvalue weighted by Crippen LogP contribution is -2.37. The van der Waals surface area contributed by atoms with E-state index in [4.69, 9.17) is 28.9 Å². The topological polar surface area (TPSA) is 26.0 Å². The van der Waals surface area contributed by atoms with Crippen LogP contribution in [0, 0.1) is 0 Å². The predicted molar refractivity (Wildman–Crippen MR) is 78.2 cm³/mol. The van der Waals surface area contributed by atoms with Gasteiger partial charge in [-0.2, -0.15) is 0 Å². The third-order valence-electron chi connectivity index (χ3n) is 3.28. The zero-order valence-electron chi connectivity index (χ0n) is 10.2. The first kappa shape index (κ1) is 13.4. The molecule has 18 heavy (non-hydrogen) atoms. The van der Waals surface area contributed by atoms with Crippen molar-refractivity contribution in [3.63, 3.8) is 0 Å². The first-order chi connectivity index (χ1) is 8.59. The van der Waals surface area contributed by atoms with Crippen molar-refractivity contribution in [1.82, 2.24) is 0 Å². The summed E-state index contributed by atoms with van der Waals surface area (Å²) in [5.74, 6) is 0. The van der Waals surface area contributed by atoms with E-state index in [1.54, 1.807) is 6.07 Å². The summed E-state index contributed by atoms with van der Waals surface area (Å²) in [6, 6.07) is 15.5. The molecule has 2 rings (SSSR count). The average molecular weight is 280 g/mol. The number of rotatable bonds is 3. The molecule has 0 aromatic heterocycles. The molecule has 2 aromatic carbocycles. The zero-order valence-corrected chi connectivity index (χ0v) is 11.7. The van der Waals surface area contributed by atoms with Gasteiger partial charge in [0.25, 0.3) is 0 Å². The molecular weight excluding hydrogens is 265 g/mol. The third-order valence-corrected chi connectivity index (χ3v) is 4.10. The van der Waals surface area contributed by atoms with E-state index in [0.29, 0.717) is 10.0 Å². The lowest BCUT2D eigenvalue weighted by molar-refractivity contribution is 0.519. The second kappa shape index (κ2) is 5.31. The van der Waals surface area contributed by atoms with Gasteiger partial charge in [0, 0.05) is 0 Å². The normalized spacial score (nSPS) is 14.2. The maximum atomic E-state index is 6.57. The van der Waals surface area contributed by atoms with Crippen LogP contribution in [-0.4, -0.2) is 0 Å². The number of nitrogens with two attached hydrogens (primary N) is 1. The molecule has 0 aliphatic carbocycles. The van der Waals surface area contributed by atoms with Crippen molar-refractivity contribution in [1.29, 1.82) is 0 Å². The van der Waals surface area contributed by atoms with Crippen LogP contribution in [0.1, 0.15) is 24.5 Å². The van der Waals surface area contributed by atoms with Gasteiger partial charge in [-0.3, -0.25) is 0 Å². The summed E-state index contributed by atoms with van der Waals surface area (Å²) < 4.78 is 0. The van der Waals surface area contributed by atoms with Gasteiger partial charge in [-0.05, 0) is 23.6 Å². The average Bonchev–Trinajstić information content (AvgIpc) is 2.42. The van der Waals surface area contributed by atoms with Gasteiger partial charge in [-0.1, -0.05) is 72.6 Å². The Kier molecular flexibility index (Phi) is 3.96. The number of benzene rings is 2. The van der Waals surface area contributed by atoms with Crippen molar-refractivity contribution >= 4 is 23.2 Å². The molecule has 0 amide bonds. The second-order valence-electron chi connectivity index (χ2n) is 4.29. The highest BCUT2D eigenvalue weighted by Crippen LogP contribution is 2.37. The Hall–Kier alpha value is -1.02. The van der Waals surface area contributed by atoms with Crippen LogP contribution in [-0.2, 0) is 5.54 Å². The molecule has 0 radical (unpaired) electrons. The van der Waals surface area contributed by atoms with Gasteiger partial charge in [0.2, 0.25) is 0 Å². The largest absolute Gasteiger partial charge is 0.318 e. The monoisotopic (exact) mass is 279 g/mol. The molecule has 0 saturated heterocycles. The van der Waals surface area contributed by atoms with Crippen molar-refractivity contribution in [2.75, 3.05) is 0 Å². The van der Waals surface area contributed by atoms with Gasteiger partial charge >= 0.3 is 0 Å². The highest BCUT2D eigenvalue weighted by molar-refractivity contribution is 6.42. The van der Waals surface area contributed by atoms with E-state index in [0.717, 1.165) is 17.5 Å². The van der Waals surface area contributed by atoms with Gasteiger partial charge < -0.3 is 5.73 Å². The van der Waals surface area contributed by atoms with Gasteiger partial charge in [0.15, 0.2) is 0 Å². The summed E-state index contributed by atoms with van der Waals surface area (Å²) in [4.78, 5) is 0.